The van der Waals surface area contributed by atoms with Crippen molar-refractivity contribution in [2.75, 3.05) is 18.5 Å². The van der Waals surface area contributed by atoms with E-state index in [2.05, 4.69) is 15.3 Å². The SMILES string of the molecule is O=C(Nc1nc2ccccc2s1)c1cnc2c(c1)OCCO2. The minimum atomic E-state index is -0.275. The van der Waals surface area contributed by atoms with Crippen molar-refractivity contribution in [3.63, 3.8) is 0 Å². The summed E-state index contributed by atoms with van der Waals surface area (Å²) in [6.07, 6.45) is 1.47. The zero-order valence-corrected chi connectivity index (χ0v) is 12.2. The number of para-hydroxylation sites is 1. The quantitative estimate of drug-likeness (QED) is 0.787. The van der Waals surface area contributed by atoms with Crippen LogP contribution in [0.15, 0.2) is 36.5 Å². The van der Waals surface area contributed by atoms with Gasteiger partial charge in [-0.15, -0.1) is 0 Å². The van der Waals surface area contributed by atoms with E-state index in [0.717, 1.165) is 10.2 Å². The average Bonchev–Trinajstić information content (AvgIpc) is 2.96. The molecule has 0 radical (unpaired) electrons. The molecule has 0 saturated heterocycles. The predicted octanol–water partition coefficient (Wildman–Crippen LogP) is 2.71. The molecule has 2 aromatic heterocycles. The highest BCUT2D eigenvalue weighted by Gasteiger charge is 2.17. The molecule has 0 fully saturated rings. The minimum absolute atomic E-state index is 0.275. The molecule has 1 aliphatic rings. The summed E-state index contributed by atoms with van der Waals surface area (Å²) in [5.74, 6) is 0.634. The Morgan fingerprint density at radius 2 is 2.09 bits per heavy atom. The number of hydrogen-bond donors (Lipinski definition) is 1. The van der Waals surface area contributed by atoms with Crippen molar-refractivity contribution in [3.8, 4) is 11.6 Å². The number of fused-ring (bicyclic) bond motifs is 2. The predicted molar refractivity (Wildman–Crippen MR) is 82.8 cm³/mol. The Balaban J connectivity index is 1.59. The first kappa shape index (κ1) is 13.0. The maximum absolute atomic E-state index is 12.3. The molecule has 1 aliphatic heterocycles. The van der Waals surface area contributed by atoms with E-state index < -0.39 is 0 Å². The number of rotatable bonds is 2. The maximum Gasteiger partial charge on any atom is 0.259 e. The van der Waals surface area contributed by atoms with Gasteiger partial charge in [-0.3, -0.25) is 10.1 Å². The molecule has 0 aliphatic carbocycles. The number of nitrogens with one attached hydrogen (secondary N) is 1. The van der Waals surface area contributed by atoms with Crippen LogP contribution in [0.5, 0.6) is 11.6 Å². The molecule has 110 valence electrons. The van der Waals surface area contributed by atoms with Gasteiger partial charge in [0.1, 0.15) is 13.2 Å². The smallest absolute Gasteiger partial charge is 0.259 e. The van der Waals surface area contributed by atoms with Crippen LogP contribution in [-0.2, 0) is 0 Å². The Bertz CT molecular complexity index is 829. The number of hydrogen-bond acceptors (Lipinski definition) is 6. The Morgan fingerprint density at radius 3 is 3.00 bits per heavy atom. The largest absolute Gasteiger partial charge is 0.484 e. The normalized spacial score (nSPS) is 13.1. The number of amides is 1. The average molecular weight is 313 g/mol. The maximum atomic E-state index is 12.3. The molecule has 7 heteroatoms. The lowest BCUT2D eigenvalue weighted by molar-refractivity contribution is 0.102. The third-order valence-electron chi connectivity index (χ3n) is 3.17. The summed E-state index contributed by atoms with van der Waals surface area (Å²) in [6.45, 7) is 0.925. The van der Waals surface area contributed by atoms with Gasteiger partial charge in [0.15, 0.2) is 10.9 Å². The van der Waals surface area contributed by atoms with Crippen molar-refractivity contribution in [3.05, 3.63) is 42.1 Å². The van der Waals surface area contributed by atoms with Gasteiger partial charge in [-0.25, -0.2) is 9.97 Å². The molecule has 0 unspecified atom stereocenters. The van der Waals surface area contributed by atoms with E-state index in [4.69, 9.17) is 9.47 Å². The topological polar surface area (TPSA) is 73.3 Å². The van der Waals surface area contributed by atoms with Gasteiger partial charge in [0.25, 0.3) is 11.8 Å². The van der Waals surface area contributed by atoms with E-state index in [1.807, 2.05) is 24.3 Å². The molecule has 0 bridgehead atoms. The van der Waals surface area contributed by atoms with Crippen LogP contribution in [0, 0.1) is 0 Å². The van der Waals surface area contributed by atoms with Crippen LogP contribution in [0.4, 0.5) is 5.13 Å². The lowest BCUT2D eigenvalue weighted by Gasteiger charge is -2.17. The fourth-order valence-corrected chi connectivity index (χ4v) is 3.01. The van der Waals surface area contributed by atoms with E-state index >= 15 is 0 Å². The second-order valence-corrected chi connectivity index (χ2v) is 5.70. The summed E-state index contributed by atoms with van der Waals surface area (Å²) in [7, 11) is 0. The van der Waals surface area contributed by atoms with Crippen LogP contribution in [-0.4, -0.2) is 29.1 Å². The second kappa shape index (κ2) is 5.27. The van der Waals surface area contributed by atoms with E-state index in [0.29, 0.717) is 35.5 Å². The summed E-state index contributed by atoms with van der Waals surface area (Å²) in [6, 6.07) is 9.36. The summed E-state index contributed by atoms with van der Waals surface area (Å²) in [5.41, 5.74) is 1.27. The fraction of sp³-hybridized carbons (Fsp3) is 0.133. The summed E-state index contributed by atoms with van der Waals surface area (Å²) >= 11 is 1.43. The highest BCUT2D eigenvalue weighted by atomic mass is 32.1. The van der Waals surface area contributed by atoms with Crippen LogP contribution >= 0.6 is 11.3 Å². The number of anilines is 1. The molecule has 0 saturated carbocycles. The monoisotopic (exact) mass is 313 g/mol. The van der Waals surface area contributed by atoms with Crippen LogP contribution in [0.25, 0.3) is 10.2 Å². The Kier molecular flexibility index (Phi) is 3.12. The molecule has 3 heterocycles. The molecule has 0 atom stereocenters. The minimum Gasteiger partial charge on any atom is -0.484 e. The van der Waals surface area contributed by atoms with Crippen molar-refractivity contribution in [1.29, 1.82) is 0 Å². The van der Waals surface area contributed by atoms with Crippen LogP contribution in [0.3, 0.4) is 0 Å². The van der Waals surface area contributed by atoms with Gasteiger partial charge >= 0.3 is 0 Å². The lowest BCUT2D eigenvalue weighted by Crippen LogP contribution is -2.18. The van der Waals surface area contributed by atoms with Crippen LogP contribution in [0.1, 0.15) is 10.4 Å². The third kappa shape index (κ3) is 2.35. The Morgan fingerprint density at radius 1 is 1.23 bits per heavy atom. The first-order valence-corrected chi connectivity index (χ1v) is 7.54. The number of ether oxygens (including phenoxy) is 2. The van der Waals surface area contributed by atoms with E-state index in [-0.39, 0.29) is 5.91 Å². The molecular weight excluding hydrogens is 302 g/mol. The molecule has 1 amide bonds. The van der Waals surface area contributed by atoms with Crippen molar-refractivity contribution in [2.45, 2.75) is 0 Å². The summed E-state index contributed by atoms with van der Waals surface area (Å²) in [5, 5.41) is 3.34. The number of thiazole rings is 1. The molecule has 22 heavy (non-hydrogen) atoms. The van der Waals surface area contributed by atoms with Gasteiger partial charge in [0, 0.05) is 12.3 Å². The van der Waals surface area contributed by atoms with Crippen LogP contribution < -0.4 is 14.8 Å². The van der Waals surface area contributed by atoms with Crippen molar-refractivity contribution >= 4 is 32.6 Å². The number of benzene rings is 1. The zero-order valence-electron chi connectivity index (χ0n) is 11.4. The van der Waals surface area contributed by atoms with Crippen LogP contribution in [0.2, 0.25) is 0 Å². The standard InChI is InChI=1S/C15H11N3O3S/c19-13(9-7-11-14(16-8-9)21-6-5-20-11)18-15-17-10-3-1-2-4-12(10)22-15/h1-4,7-8H,5-6H2,(H,17,18,19). The molecule has 1 N–H and O–H groups in total. The van der Waals surface area contributed by atoms with Gasteiger partial charge in [-0.2, -0.15) is 0 Å². The third-order valence-corrected chi connectivity index (χ3v) is 4.13. The van der Waals surface area contributed by atoms with Gasteiger partial charge in [-0.1, -0.05) is 23.5 Å². The van der Waals surface area contributed by atoms with E-state index in [1.165, 1.54) is 17.5 Å². The first-order chi connectivity index (χ1) is 10.8. The first-order valence-electron chi connectivity index (χ1n) is 6.72. The van der Waals surface area contributed by atoms with Crippen molar-refractivity contribution in [2.24, 2.45) is 0 Å². The van der Waals surface area contributed by atoms with Gasteiger partial charge in [-0.05, 0) is 12.1 Å². The van der Waals surface area contributed by atoms with E-state index in [1.54, 1.807) is 6.07 Å². The highest BCUT2D eigenvalue weighted by Crippen LogP contribution is 2.29. The van der Waals surface area contributed by atoms with Crippen molar-refractivity contribution < 1.29 is 14.3 Å². The number of carbonyl (C=O) groups is 1. The molecule has 1 aromatic carbocycles. The van der Waals surface area contributed by atoms with Crippen molar-refractivity contribution in [1.82, 2.24) is 9.97 Å². The van der Waals surface area contributed by atoms with E-state index in [9.17, 15) is 4.79 Å². The zero-order chi connectivity index (χ0) is 14.9. The fourth-order valence-electron chi connectivity index (χ4n) is 2.15. The summed E-state index contributed by atoms with van der Waals surface area (Å²) < 4.78 is 11.8. The highest BCUT2D eigenvalue weighted by molar-refractivity contribution is 7.22. The molecule has 0 spiro atoms. The summed E-state index contributed by atoms with van der Waals surface area (Å²) in [4.78, 5) is 20.8. The second-order valence-electron chi connectivity index (χ2n) is 4.67. The Hall–Kier alpha value is -2.67. The van der Waals surface area contributed by atoms with Gasteiger partial charge in [0.05, 0.1) is 15.8 Å². The molecular formula is C15H11N3O3S. The Labute approximate surface area is 129 Å². The number of aromatic nitrogens is 2. The van der Waals surface area contributed by atoms with Gasteiger partial charge < -0.3 is 9.47 Å². The molecule has 4 rings (SSSR count). The van der Waals surface area contributed by atoms with Gasteiger partial charge in [0.2, 0.25) is 0 Å². The number of pyridine rings is 1. The molecule has 3 aromatic rings. The number of nitrogens with zero attached hydrogens (tertiary/aromatic N) is 2. The molecule has 6 nitrogen and oxygen atoms in total. The number of carbonyl (C=O) groups excluding carboxylic acids is 1. The lowest BCUT2D eigenvalue weighted by atomic mass is 10.2.